The number of benzene rings is 1. The summed E-state index contributed by atoms with van der Waals surface area (Å²) in [7, 11) is 0. The molecule has 0 radical (unpaired) electrons. The number of nitrogens with zero attached hydrogens (tertiary/aromatic N) is 1. The minimum absolute atomic E-state index is 0.116. The molecule has 1 aromatic rings. The molecular weight excluding hydrogens is 381 g/mol. The van der Waals surface area contributed by atoms with Crippen molar-refractivity contribution in [1.29, 1.82) is 0 Å². The molecule has 148 valence electrons. The summed E-state index contributed by atoms with van der Waals surface area (Å²) >= 11 is 1.44. The zero-order chi connectivity index (χ0) is 20.2. The van der Waals surface area contributed by atoms with Crippen LogP contribution in [0.4, 0.5) is 13.2 Å². The van der Waals surface area contributed by atoms with Crippen LogP contribution in [0.3, 0.4) is 0 Å². The molecule has 1 saturated heterocycles. The smallest absolute Gasteiger partial charge is 0.405 e. The normalized spacial score (nSPS) is 18.0. The predicted molar refractivity (Wildman–Crippen MR) is 98.0 cm³/mol. The Labute approximate surface area is 159 Å². The summed E-state index contributed by atoms with van der Waals surface area (Å²) in [5.74, 6) is -0.292. The molecule has 0 aromatic heterocycles. The number of rotatable bonds is 4. The van der Waals surface area contributed by atoms with Crippen molar-refractivity contribution in [2.24, 2.45) is 0 Å². The Morgan fingerprint density at radius 1 is 1.26 bits per heavy atom. The number of hydrogen-bond acceptors (Lipinski definition) is 4. The van der Waals surface area contributed by atoms with Crippen molar-refractivity contribution in [3.8, 4) is 5.75 Å². The topological polar surface area (TPSA) is 58.6 Å². The second kappa shape index (κ2) is 8.24. The summed E-state index contributed by atoms with van der Waals surface area (Å²) in [6, 6.07) is 4.91. The van der Waals surface area contributed by atoms with Gasteiger partial charge in [-0.05, 0) is 32.9 Å². The maximum atomic E-state index is 12.5. The molecule has 1 aliphatic rings. The molecule has 1 fully saturated rings. The number of para-hydroxylation sites is 1. The lowest BCUT2D eigenvalue weighted by atomic mass is 10.1. The molecule has 0 unspecified atom stereocenters. The first-order chi connectivity index (χ1) is 12.5. The highest BCUT2D eigenvalue weighted by molar-refractivity contribution is 7.99. The average Bonchev–Trinajstić information content (AvgIpc) is 3.00. The van der Waals surface area contributed by atoms with Gasteiger partial charge in [-0.15, -0.1) is 24.9 Å². The van der Waals surface area contributed by atoms with Gasteiger partial charge in [-0.2, -0.15) is 0 Å². The molecule has 1 N–H and O–H groups in total. The fourth-order valence-corrected chi connectivity index (χ4v) is 3.59. The van der Waals surface area contributed by atoms with Crippen LogP contribution >= 0.6 is 11.8 Å². The van der Waals surface area contributed by atoms with E-state index in [-0.39, 0.29) is 11.5 Å². The lowest BCUT2D eigenvalue weighted by molar-refractivity contribution is -0.274. The molecule has 27 heavy (non-hydrogen) atoms. The van der Waals surface area contributed by atoms with Crippen molar-refractivity contribution in [1.82, 2.24) is 10.2 Å². The van der Waals surface area contributed by atoms with Crippen molar-refractivity contribution in [2.75, 3.05) is 11.6 Å². The van der Waals surface area contributed by atoms with Gasteiger partial charge >= 0.3 is 6.36 Å². The third-order valence-electron chi connectivity index (χ3n) is 3.52. The number of nitrogens with one attached hydrogen (secondary N) is 1. The third kappa shape index (κ3) is 6.50. The lowest BCUT2D eigenvalue weighted by Gasteiger charge is -2.27. The maximum absolute atomic E-state index is 12.5. The van der Waals surface area contributed by atoms with Gasteiger partial charge in [-0.25, -0.2) is 0 Å². The van der Waals surface area contributed by atoms with Crippen LogP contribution < -0.4 is 10.1 Å². The van der Waals surface area contributed by atoms with E-state index >= 15 is 0 Å². The summed E-state index contributed by atoms with van der Waals surface area (Å²) < 4.78 is 41.4. The summed E-state index contributed by atoms with van der Waals surface area (Å²) in [4.78, 5) is 26.3. The number of ether oxygens (including phenoxy) is 1. The molecule has 9 heteroatoms. The van der Waals surface area contributed by atoms with Gasteiger partial charge in [0.05, 0.1) is 5.88 Å². The van der Waals surface area contributed by atoms with Crippen molar-refractivity contribution >= 4 is 29.7 Å². The van der Waals surface area contributed by atoms with E-state index in [1.807, 2.05) is 20.8 Å². The van der Waals surface area contributed by atoms with Crippen molar-refractivity contribution < 1.29 is 27.5 Å². The van der Waals surface area contributed by atoms with Crippen molar-refractivity contribution in [3.63, 3.8) is 0 Å². The molecule has 0 aliphatic carbocycles. The number of alkyl halides is 3. The van der Waals surface area contributed by atoms with Gasteiger partial charge in [0, 0.05) is 22.9 Å². The van der Waals surface area contributed by atoms with Gasteiger partial charge in [0.1, 0.15) is 11.8 Å². The number of hydrogen-bond donors (Lipinski definition) is 1. The van der Waals surface area contributed by atoms with Gasteiger partial charge in [-0.1, -0.05) is 18.2 Å². The Hall–Kier alpha value is -2.16. The minimum Gasteiger partial charge on any atom is -0.405 e. The Balaban J connectivity index is 2.11. The Bertz CT molecular complexity index is 729. The zero-order valence-corrected chi connectivity index (χ0v) is 16.0. The molecule has 0 saturated carbocycles. The number of carbonyl (C=O) groups is 2. The molecule has 2 amide bonds. The molecule has 1 atom stereocenters. The van der Waals surface area contributed by atoms with Crippen molar-refractivity contribution in [2.45, 2.75) is 38.7 Å². The van der Waals surface area contributed by atoms with E-state index in [1.165, 1.54) is 40.9 Å². The summed E-state index contributed by atoms with van der Waals surface area (Å²) in [6.07, 6.45) is -2.41. The van der Waals surface area contributed by atoms with Gasteiger partial charge in [0.15, 0.2) is 0 Å². The number of halogens is 3. The monoisotopic (exact) mass is 402 g/mol. The zero-order valence-electron chi connectivity index (χ0n) is 15.2. The van der Waals surface area contributed by atoms with Gasteiger partial charge in [-0.3, -0.25) is 9.59 Å². The van der Waals surface area contributed by atoms with Crippen LogP contribution in [-0.4, -0.2) is 46.3 Å². The van der Waals surface area contributed by atoms with Crippen LogP contribution in [-0.2, 0) is 9.59 Å². The Morgan fingerprint density at radius 3 is 2.56 bits per heavy atom. The van der Waals surface area contributed by atoms with Gasteiger partial charge in [0.25, 0.3) is 0 Å². The Morgan fingerprint density at radius 2 is 1.93 bits per heavy atom. The van der Waals surface area contributed by atoms with E-state index in [9.17, 15) is 22.8 Å². The number of thioether (sulfide) groups is 1. The molecule has 1 aromatic carbocycles. The first-order valence-corrected chi connectivity index (χ1v) is 9.35. The summed E-state index contributed by atoms with van der Waals surface area (Å²) in [5, 5.41) is 2.84. The van der Waals surface area contributed by atoms with Crippen molar-refractivity contribution in [3.05, 3.63) is 35.9 Å². The predicted octanol–water partition coefficient (Wildman–Crippen LogP) is 3.41. The van der Waals surface area contributed by atoms with E-state index in [0.29, 0.717) is 11.6 Å². The quantitative estimate of drug-likeness (QED) is 0.785. The van der Waals surface area contributed by atoms with Crippen LogP contribution in [0.1, 0.15) is 26.3 Å². The van der Waals surface area contributed by atoms with Crippen LogP contribution in [0.2, 0.25) is 0 Å². The van der Waals surface area contributed by atoms with E-state index in [0.717, 1.165) is 6.08 Å². The summed E-state index contributed by atoms with van der Waals surface area (Å²) in [5.41, 5.74) is -0.311. The summed E-state index contributed by atoms with van der Waals surface area (Å²) in [6.45, 7) is 5.53. The molecule has 5 nitrogen and oxygen atoms in total. The fourth-order valence-electron chi connectivity index (χ4n) is 2.42. The molecule has 1 aliphatic heterocycles. The van der Waals surface area contributed by atoms with E-state index in [4.69, 9.17) is 0 Å². The molecule has 0 bridgehead atoms. The van der Waals surface area contributed by atoms with E-state index < -0.39 is 29.6 Å². The largest absolute Gasteiger partial charge is 0.573 e. The minimum atomic E-state index is -4.82. The van der Waals surface area contributed by atoms with Gasteiger partial charge in [0.2, 0.25) is 11.8 Å². The highest BCUT2D eigenvalue weighted by Gasteiger charge is 2.35. The first kappa shape index (κ1) is 21.1. The first-order valence-electron chi connectivity index (χ1n) is 8.19. The highest BCUT2D eigenvalue weighted by atomic mass is 32.2. The second-order valence-electron chi connectivity index (χ2n) is 6.98. The molecule has 1 heterocycles. The number of amides is 2. The molecule has 0 spiro atoms. The van der Waals surface area contributed by atoms with Crippen LogP contribution in [0.15, 0.2) is 30.3 Å². The van der Waals surface area contributed by atoms with E-state index in [2.05, 4.69) is 10.1 Å². The Kier molecular flexibility index (Phi) is 6.46. The third-order valence-corrected chi connectivity index (χ3v) is 4.53. The van der Waals surface area contributed by atoms with Crippen LogP contribution in [0.25, 0.3) is 6.08 Å². The van der Waals surface area contributed by atoms with E-state index in [1.54, 1.807) is 6.07 Å². The lowest BCUT2D eigenvalue weighted by Crippen LogP contribution is -2.52. The molecular formula is C18H21F3N2O3S. The molecule has 2 rings (SSSR count). The number of carbonyl (C=O) groups excluding carboxylic acids is 2. The van der Waals surface area contributed by atoms with Crippen LogP contribution in [0.5, 0.6) is 5.75 Å². The van der Waals surface area contributed by atoms with Gasteiger partial charge < -0.3 is 15.0 Å². The fraction of sp³-hybridized carbons (Fsp3) is 0.444. The second-order valence-corrected chi connectivity index (χ2v) is 7.98. The SMILES string of the molecule is CC(C)(C)NC(=O)[C@@H]1CSCN1C(=O)/C=C\c1ccccc1OC(F)(F)F. The maximum Gasteiger partial charge on any atom is 0.573 e. The standard InChI is InChI=1S/C18H21F3N2O3S/c1-17(2,3)22-16(25)13-10-27-11-23(13)15(24)9-8-12-6-4-5-7-14(12)26-18(19,20)21/h4-9,13H,10-11H2,1-3H3,(H,22,25)/b9-8-/t13-/m0/s1. The highest BCUT2D eigenvalue weighted by Crippen LogP contribution is 2.27. The van der Waals surface area contributed by atoms with Crippen LogP contribution in [0, 0.1) is 0 Å². The average molecular weight is 402 g/mol.